The SMILES string of the molecule is CCNC1CC(C)c2ccc(CC)cc21. The summed E-state index contributed by atoms with van der Waals surface area (Å²) in [6, 6.07) is 7.60. The van der Waals surface area contributed by atoms with E-state index in [-0.39, 0.29) is 0 Å². The van der Waals surface area contributed by atoms with Crippen LogP contribution in [0.4, 0.5) is 0 Å². The van der Waals surface area contributed by atoms with Crippen molar-refractivity contribution in [2.45, 2.75) is 45.6 Å². The molecule has 1 aromatic carbocycles. The van der Waals surface area contributed by atoms with Gasteiger partial charge in [0.15, 0.2) is 0 Å². The molecule has 1 N–H and O–H groups in total. The van der Waals surface area contributed by atoms with E-state index in [1.807, 2.05) is 0 Å². The Morgan fingerprint density at radius 1 is 1.27 bits per heavy atom. The van der Waals surface area contributed by atoms with Crippen LogP contribution in [0.3, 0.4) is 0 Å². The van der Waals surface area contributed by atoms with E-state index in [1.165, 1.54) is 12.0 Å². The minimum atomic E-state index is 0.589. The molecule has 15 heavy (non-hydrogen) atoms. The molecule has 1 aromatic rings. The van der Waals surface area contributed by atoms with Gasteiger partial charge in [-0.05, 0) is 42.0 Å². The zero-order valence-corrected chi connectivity index (χ0v) is 10.0. The van der Waals surface area contributed by atoms with Crippen molar-refractivity contribution in [3.05, 3.63) is 34.9 Å². The Kier molecular flexibility index (Phi) is 3.11. The molecule has 1 nitrogen and oxygen atoms in total. The highest BCUT2D eigenvalue weighted by molar-refractivity contribution is 5.40. The van der Waals surface area contributed by atoms with E-state index in [0.29, 0.717) is 6.04 Å². The van der Waals surface area contributed by atoms with Crippen LogP contribution in [0.1, 0.15) is 55.8 Å². The molecule has 0 amide bonds. The Labute approximate surface area is 92.9 Å². The van der Waals surface area contributed by atoms with E-state index >= 15 is 0 Å². The lowest BCUT2D eigenvalue weighted by Crippen LogP contribution is -2.18. The van der Waals surface area contributed by atoms with Crippen molar-refractivity contribution in [1.82, 2.24) is 5.32 Å². The van der Waals surface area contributed by atoms with Gasteiger partial charge in [0.05, 0.1) is 0 Å². The van der Waals surface area contributed by atoms with Gasteiger partial charge in [-0.3, -0.25) is 0 Å². The maximum absolute atomic E-state index is 3.58. The van der Waals surface area contributed by atoms with Crippen molar-refractivity contribution < 1.29 is 0 Å². The molecule has 0 saturated carbocycles. The van der Waals surface area contributed by atoms with E-state index in [1.54, 1.807) is 11.1 Å². The lowest BCUT2D eigenvalue weighted by Gasteiger charge is -2.12. The van der Waals surface area contributed by atoms with Gasteiger partial charge in [0.25, 0.3) is 0 Å². The van der Waals surface area contributed by atoms with Crippen LogP contribution >= 0.6 is 0 Å². The average Bonchev–Trinajstić information content (AvgIpc) is 2.56. The average molecular weight is 203 g/mol. The van der Waals surface area contributed by atoms with Gasteiger partial charge in [-0.2, -0.15) is 0 Å². The molecule has 0 fully saturated rings. The summed E-state index contributed by atoms with van der Waals surface area (Å²) in [4.78, 5) is 0. The Morgan fingerprint density at radius 2 is 2.07 bits per heavy atom. The molecule has 82 valence electrons. The monoisotopic (exact) mass is 203 g/mol. The van der Waals surface area contributed by atoms with Crippen LogP contribution in [0.5, 0.6) is 0 Å². The molecule has 1 heteroatoms. The highest BCUT2D eigenvalue weighted by atomic mass is 14.9. The third-order valence-electron chi connectivity index (χ3n) is 3.51. The van der Waals surface area contributed by atoms with Crippen molar-refractivity contribution in [2.75, 3.05) is 6.54 Å². The minimum absolute atomic E-state index is 0.589. The topological polar surface area (TPSA) is 12.0 Å². The molecular formula is C14H21N. The van der Waals surface area contributed by atoms with Crippen molar-refractivity contribution in [3.63, 3.8) is 0 Å². The van der Waals surface area contributed by atoms with Gasteiger partial charge in [-0.25, -0.2) is 0 Å². The number of hydrogen-bond donors (Lipinski definition) is 1. The molecular weight excluding hydrogens is 182 g/mol. The zero-order valence-electron chi connectivity index (χ0n) is 10.0. The fourth-order valence-corrected chi connectivity index (χ4v) is 2.64. The standard InChI is InChI=1S/C14H21N/c1-4-11-6-7-12-10(3)8-14(15-5-2)13(12)9-11/h6-7,9-10,14-15H,4-5,8H2,1-3H3. The van der Waals surface area contributed by atoms with E-state index < -0.39 is 0 Å². The summed E-state index contributed by atoms with van der Waals surface area (Å²) in [6.45, 7) is 7.81. The lowest BCUT2D eigenvalue weighted by molar-refractivity contribution is 0.521. The first-order chi connectivity index (χ1) is 7.26. The van der Waals surface area contributed by atoms with E-state index in [0.717, 1.165) is 18.9 Å². The molecule has 0 radical (unpaired) electrons. The minimum Gasteiger partial charge on any atom is -0.310 e. The van der Waals surface area contributed by atoms with Crippen LogP contribution < -0.4 is 5.32 Å². The molecule has 1 aliphatic carbocycles. The van der Waals surface area contributed by atoms with Gasteiger partial charge in [0, 0.05) is 6.04 Å². The van der Waals surface area contributed by atoms with E-state index in [9.17, 15) is 0 Å². The van der Waals surface area contributed by atoms with Crippen LogP contribution in [0.2, 0.25) is 0 Å². The Hall–Kier alpha value is -0.820. The first kappa shape index (κ1) is 10.7. The normalized spacial score (nSPS) is 24.2. The Morgan fingerprint density at radius 3 is 2.73 bits per heavy atom. The summed E-state index contributed by atoms with van der Waals surface area (Å²) >= 11 is 0. The summed E-state index contributed by atoms with van der Waals surface area (Å²) in [5.74, 6) is 0.718. The molecule has 2 atom stereocenters. The summed E-state index contributed by atoms with van der Waals surface area (Å²) in [5, 5.41) is 3.58. The second-order valence-electron chi connectivity index (χ2n) is 4.56. The highest BCUT2D eigenvalue weighted by Crippen LogP contribution is 2.40. The maximum atomic E-state index is 3.58. The fourth-order valence-electron chi connectivity index (χ4n) is 2.64. The van der Waals surface area contributed by atoms with E-state index in [2.05, 4.69) is 44.3 Å². The van der Waals surface area contributed by atoms with Crippen LogP contribution in [0.15, 0.2) is 18.2 Å². The quantitative estimate of drug-likeness (QED) is 0.794. The second kappa shape index (κ2) is 4.36. The lowest BCUT2D eigenvalue weighted by atomic mass is 10.0. The molecule has 0 aliphatic heterocycles. The number of rotatable bonds is 3. The van der Waals surface area contributed by atoms with Crippen molar-refractivity contribution in [2.24, 2.45) is 0 Å². The Bertz CT molecular complexity index is 343. The number of hydrogen-bond acceptors (Lipinski definition) is 1. The molecule has 0 bridgehead atoms. The van der Waals surface area contributed by atoms with Crippen LogP contribution in [0, 0.1) is 0 Å². The molecule has 0 saturated heterocycles. The van der Waals surface area contributed by atoms with E-state index in [4.69, 9.17) is 0 Å². The predicted octanol–water partition coefficient (Wildman–Crippen LogP) is 3.41. The molecule has 2 unspecified atom stereocenters. The van der Waals surface area contributed by atoms with Gasteiger partial charge >= 0.3 is 0 Å². The smallest absolute Gasteiger partial charge is 0.0328 e. The maximum Gasteiger partial charge on any atom is 0.0328 e. The zero-order chi connectivity index (χ0) is 10.8. The number of benzene rings is 1. The first-order valence-electron chi connectivity index (χ1n) is 6.12. The van der Waals surface area contributed by atoms with Crippen LogP contribution in [0.25, 0.3) is 0 Å². The second-order valence-corrected chi connectivity index (χ2v) is 4.56. The summed E-state index contributed by atoms with van der Waals surface area (Å²) < 4.78 is 0. The Balaban J connectivity index is 2.34. The van der Waals surface area contributed by atoms with Crippen molar-refractivity contribution in [3.8, 4) is 0 Å². The molecule has 2 rings (SSSR count). The predicted molar refractivity (Wildman–Crippen MR) is 65.3 cm³/mol. The third kappa shape index (κ3) is 1.93. The van der Waals surface area contributed by atoms with Gasteiger partial charge < -0.3 is 5.32 Å². The molecule has 0 spiro atoms. The van der Waals surface area contributed by atoms with Crippen LogP contribution in [-0.2, 0) is 6.42 Å². The largest absolute Gasteiger partial charge is 0.310 e. The summed E-state index contributed by atoms with van der Waals surface area (Å²) in [5.41, 5.74) is 4.56. The molecule has 1 aliphatic rings. The van der Waals surface area contributed by atoms with Gasteiger partial charge in [-0.15, -0.1) is 0 Å². The number of nitrogens with one attached hydrogen (secondary N) is 1. The van der Waals surface area contributed by atoms with Gasteiger partial charge in [-0.1, -0.05) is 39.0 Å². The van der Waals surface area contributed by atoms with Gasteiger partial charge in [0.2, 0.25) is 0 Å². The fraction of sp³-hybridized carbons (Fsp3) is 0.571. The number of aryl methyl sites for hydroxylation is 1. The molecule has 0 aromatic heterocycles. The van der Waals surface area contributed by atoms with Crippen molar-refractivity contribution in [1.29, 1.82) is 0 Å². The summed E-state index contributed by atoms with van der Waals surface area (Å²) in [6.07, 6.45) is 2.40. The van der Waals surface area contributed by atoms with Crippen LogP contribution in [-0.4, -0.2) is 6.54 Å². The van der Waals surface area contributed by atoms with Crippen molar-refractivity contribution >= 4 is 0 Å². The third-order valence-corrected chi connectivity index (χ3v) is 3.51. The first-order valence-corrected chi connectivity index (χ1v) is 6.12. The van der Waals surface area contributed by atoms with Gasteiger partial charge in [0.1, 0.15) is 0 Å². The summed E-state index contributed by atoms with van der Waals surface area (Å²) in [7, 11) is 0. The highest BCUT2D eigenvalue weighted by Gasteiger charge is 2.27. The molecule has 0 heterocycles. The number of fused-ring (bicyclic) bond motifs is 1.